The first-order chi connectivity index (χ1) is 16.1. The number of Topliss-reactive ketones (excluding diaryl/α,β-unsaturated/α-hetero) is 1. The molecule has 0 saturated heterocycles. The summed E-state index contributed by atoms with van der Waals surface area (Å²) < 4.78 is 46.0. The fourth-order valence-electron chi connectivity index (χ4n) is 3.74. The van der Waals surface area contributed by atoms with Crippen LogP contribution in [0.15, 0.2) is 65.1 Å². The Balaban J connectivity index is 2.05. The summed E-state index contributed by atoms with van der Waals surface area (Å²) >= 11 is 0. The summed E-state index contributed by atoms with van der Waals surface area (Å²) in [6.07, 6.45) is 1.17. The van der Waals surface area contributed by atoms with Gasteiger partial charge >= 0.3 is 5.97 Å². The average molecular weight is 482 g/mol. The molecule has 1 aromatic heterocycles. The van der Waals surface area contributed by atoms with E-state index in [0.29, 0.717) is 22.1 Å². The minimum Gasteiger partial charge on any atom is -0.478 e. The summed E-state index contributed by atoms with van der Waals surface area (Å²) in [7, 11) is -3.70. The fourth-order valence-corrected chi connectivity index (χ4v) is 4.31. The highest BCUT2D eigenvalue weighted by molar-refractivity contribution is 7.92. The van der Waals surface area contributed by atoms with Gasteiger partial charge in [-0.2, -0.15) is 0 Å². The first kappa shape index (κ1) is 23.2. The lowest BCUT2D eigenvalue weighted by Gasteiger charge is -2.12. The second kappa shape index (κ2) is 8.75. The van der Waals surface area contributed by atoms with Crippen molar-refractivity contribution in [2.24, 2.45) is 0 Å². The van der Waals surface area contributed by atoms with Crippen molar-refractivity contribution in [2.75, 3.05) is 11.0 Å². The number of ketones is 1. The van der Waals surface area contributed by atoms with Crippen LogP contribution in [0.3, 0.4) is 0 Å². The Labute approximate surface area is 194 Å². The van der Waals surface area contributed by atoms with E-state index in [1.165, 1.54) is 42.5 Å². The lowest BCUT2D eigenvalue weighted by molar-refractivity contribution is 0.0696. The zero-order chi connectivity index (χ0) is 24.6. The van der Waals surface area contributed by atoms with Crippen LogP contribution in [0.4, 0.5) is 10.1 Å². The zero-order valence-corrected chi connectivity index (χ0v) is 19.1. The minimum absolute atomic E-state index is 0.0203. The predicted molar refractivity (Wildman–Crippen MR) is 127 cm³/mol. The third-order valence-corrected chi connectivity index (χ3v) is 5.84. The molecule has 0 radical (unpaired) electrons. The summed E-state index contributed by atoms with van der Waals surface area (Å²) in [5.41, 5.74) is 2.01. The quantitative estimate of drug-likeness (QED) is 0.334. The van der Waals surface area contributed by atoms with Gasteiger partial charge in [0.1, 0.15) is 17.2 Å². The van der Waals surface area contributed by atoms with Crippen LogP contribution in [0.25, 0.3) is 33.4 Å². The van der Waals surface area contributed by atoms with E-state index < -0.39 is 21.8 Å². The summed E-state index contributed by atoms with van der Waals surface area (Å²) in [4.78, 5) is 24.4. The smallest absolute Gasteiger partial charge is 0.335 e. The molecule has 0 saturated carbocycles. The molecule has 0 aliphatic carbocycles. The van der Waals surface area contributed by atoms with Crippen molar-refractivity contribution in [3.63, 3.8) is 0 Å². The van der Waals surface area contributed by atoms with Crippen molar-refractivity contribution < 1.29 is 31.9 Å². The molecule has 34 heavy (non-hydrogen) atoms. The number of hydrogen-bond donors (Lipinski definition) is 2. The number of aromatic carboxylic acids is 1. The molecule has 0 aliphatic heterocycles. The van der Waals surface area contributed by atoms with Gasteiger partial charge in [0.15, 0.2) is 5.78 Å². The van der Waals surface area contributed by atoms with Crippen molar-refractivity contribution in [3.8, 4) is 22.5 Å². The molecule has 0 bridgehead atoms. The van der Waals surface area contributed by atoms with Crippen LogP contribution >= 0.6 is 0 Å². The summed E-state index contributed by atoms with van der Waals surface area (Å²) in [6, 6.07) is 14.6. The van der Waals surface area contributed by atoms with E-state index in [1.54, 1.807) is 25.1 Å². The molecule has 3 aromatic carbocycles. The van der Waals surface area contributed by atoms with Gasteiger partial charge in [0, 0.05) is 29.0 Å². The van der Waals surface area contributed by atoms with Crippen molar-refractivity contribution in [3.05, 3.63) is 77.6 Å². The van der Waals surface area contributed by atoms with Gasteiger partial charge in [-0.05, 0) is 48.0 Å². The third-order valence-electron chi connectivity index (χ3n) is 5.25. The Kier molecular flexibility index (Phi) is 5.97. The van der Waals surface area contributed by atoms with Gasteiger partial charge in [0.2, 0.25) is 10.0 Å². The first-order valence-corrected chi connectivity index (χ1v) is 12.2. The maximum Gasteiger partial charge on any atom is 0.335 e. The highest BCUT2D eigenvalue weighted by atomic mass is 32.2. The van der Waals surface area contributed by atoms with Crippen molar-refractivity contribution in [1.29, 1.82) is 0 Å². The molecule has 0 spiro atoms. The first-order valence-electron chi connectivity index (χ1n) is 10.3. The molecule has 1 heterocycles. The molecule has 4 rings (SSSR count). The number of carboxylic acids is 1. The van der Waals surface area contributed by atoms with Gasteiger partial charge in [-0.15, -0.1) is 0 Å². The number of sulfonamides is 1. The molecular formula is C25H20FNO6S. The van der Waals surface area contributed by atoms with Gasteiger partial charge in [-0.25, -0.2) is 17.6 Å². The molecule has 2 N–H and O–H groups in total. The number of nitrogens with one attached hydrogen (secondary N) is 1. The van der Waals surface area contributed by atoms with Gasteiger partial charge in [-0.1, -0.05) is 19.1 Å². The molecule has 0 amide bonds. The van der Waals surface area contributed by atoms with E-state index in [0.717, 1.165) is 6.26 Å². The summed E-state index contributed by atoms with van der Waals surface area (Å²) in [5.74, 6) is -1.55. The standard InChI is InChI=1S/C25H20FNO6S/c1-3-21(28)23-19-12-18(15-5-4-6-16(11-15)25(29)30)20(27-34(2,31)32)13-22(19)33-24(23)14-7-9-17(26)10-8-14/h4-13,27H,3H2,1-2H3,(H,29,30). The SMILES string of the molecule is CCC(=O)c1c(-c2ccc(F)cc2)oc2cc(NS(C)(=O)=O)c(-c3cccc(C(=O)O)c3)cc12. The number of halogens is 1. The second-order valence-electron chi connectivity index (χ2n) is 7.74. The molecule has 7 nitrogen and oxygen atoms in total. The van der Waals surface area contributed by atoms with Crippen LogP contribution in [0.5, 0.6) is 0 Å². The number of hydrogen-bond acceptors (Lipinski definition) is 5. The molecule has 174 valence electrons. The van der Waals surface area contributed by atoms with Crippen molar-refractivity contribution in [2.45, 2.75) is 13.3 Å². The van der Waals surface area contributed by atoms with Gasteiger partial charge in [0.25, 0.3) is 0 Å². The number of carbonyl (C=O) groups excluding carboxylic acids is 1. The Bertz CT molecular complexity index is 1540. The number of carbonyl (C=O) groups is 2. The van der Waals surface area contributed by atoms with Gasteiger partial charge in [0.05, 0.1) is 23.1 Å². The van der Waals surface area contributed by atoms with Crippen LogP contribution in [-0.4, -0.2) is 31.5 Å². The minimum atomic E-state index is -3.70. The molecule has 9 heteroatoms. The summed E-state index contributed by atoms with van der Waals surface area (Å²) in [6.45, 7) is 1.70. The third kappa shape index (κ3) is 4.55. The zero-order valence-electron chi connectivity index (χ0n) is 18.3. The molecular weight excluding hydrogens is 461 g/mol. The molecule has 0 atom stereocenters. The highest BCUT2D eigenvalue weighted by Crippen LogP contribution is 2.40. The average Bonchev–Trinajstić information content (AvgIpc) is 3.15. The maximum absolute atomic E-state index is 13.5. The largest absolute Gasteiger partial charge is 0.478 e. The van der Waals surface area contributed by atoms with E-state index >= 15 is 0 Å². The van der Waals surface area contributed by atoms with Crippen molar-refractivity contribution in [1.82, 2.24) is 0 Å². The molecule has 0 unspecified atom stereocenters. The van der Waals surface area contributed by atoms with E-state index in [9.17, 15) is 27.5 Å². The Morgan fingerprint density at radius 1 is 1.03 bits per heavy atom. The number of anilines is 1. The monoisotopic (exact) mass is 481 g/mol. The summed E-state index contributed by atoms with van der Waals surface area (Å²) in [5, 5.41) is 9.81. The molecule has 0 fully saturated rings. The Morgan fingerprint density at radius 3 is 2.35 bits per heavy atom. The Hall–Kier alpha value is -3.98. The van der Waals surface area contributed by atoms with E-state index in [2.05, 4.69) is 4.72 Å². The number of fused-ring (bicyclic) bond motifs is 1. The topological polar surface area (TPSA) is 114 Å². The van der Waals surface area contributed by atoms with Crippen LogP contribution in [-0.2, 0) is 10.0 Å². The Morgan fingerprint density at radius 2 is 1.74 bits per heavy atom. The van der Waals surface area contributed by atoms with E-state index in [4.69, 9.17) is 4.42 Å². The van der Waals surface area contributed by atoms with Crippen LogP contribution in [0, 0.1) is 5.82 Å². The van der Waals surface area contributed by atoms with Gasteiger partial charge < -0.3 is 9.52 Å². The van der Waals surface area contributed by atoms with E-state index in [-0.39, 0.29) is 40.4 Å². The molecule has 0 aliphatic rings. The van der Waals surface area contributed by atoms with Gasteiger partial charge in [-0.3, -0.25) is 9.52 Å². The van der Waals surface area contributed by atoms with Crippen LogP contribution < -0.4 is 4.72 Å². The number of furan rings is 1. The fraction of sp³-hybridized carbons (Fsp3) is 0.120. The normalized spacial score (nSPS) is 11.5. The molecule has 4 aromatic rings. The van der Waals surface area contributed by atoms with E-state index in [1.807, 2.05) is 0 Å². The maximum atomic E-state index is 13.5. The van der Waals surface area contributed by atoms with Crippen LogP contribution in [0.2, 0.25) is 0 Å². The number of carboxylic acid groups (broad SMARTS) is 1. The predicted octanol–water partition coefficient (Wildman–Crippen LogP) is 5.57. The van der Waals surface area contributed by atoms with Crippen molar-refractivity contribution >= 4 is 38.4 Å². The highest BCUT2D eigenvalue weighted by Gasteiger charge is 2.24. The lowest BCUT2D eigenvalue weighted by atomic mass is 9.96. The number of benzene rings is 3. The number of rotatable bonds is 7. The second-order valence-corrected chi connectivity index (χ2v) is 9.49. The van der Waals surface area contributed by atoms with Crippen LogP contribution in [0.1, 0.15) is 34.1 Å². The lowest BCUT2D eigenvalue weighted by Crippen LogP contribution is -2.10.